The van der Waals surface area contributed by atoms with E-state index in [1.165, 1.54) is 63.2 Å². The molecule has 0 saturated carbocycles. The number of hydrogen-bond acceptors (Lipinski definition) is 7. The van der Waals surface area contributed by atoms with E-state index >= 15 is 0 Å². The van der Waals surface area contributed by atoms with Gasteiger partial charge in [-0.2, -0.15) is 0 Å². The normalized spacial score (nSPS) is 18.4. The van der Waals surface area contributed by atoms with E-state index in [4.69, 9.17) is 37.9 Å². The summed E-state index contributed by atoms with van der Waals surface area (Å²) in [5.74, 6) is 1.41. The Hall–Kier alpha value is -5.55. The largest absolute Gasteiger partial charge is 0.450 e. The van der Waals surface area contributed by atoms with Crippen molar-refractivity contribution in [3.8, 4) is 0 Å². The number of ether oxygens (including phenoxy) is 1. The van der Waals surface area contributed by atoms with Gasteiger partial charge in [-0.3, -0.25) is 9.97 Å². The van der Waals surface area contributed by atoms with Crippen LogP contribution >= 0.6 is 23.2 Å². The van der Waals surface area contributed by atoms with Gasteiger partial charge in [-0.05, 0) is 177 Å². The van der Waals surface area contributed by atoms with Crippen molar-refractivity contribution >= 4 is 52.6 Å². The average molecular weight is 910 g/mol. The molecule has 2 aliphatic carbocycles. The highest BCUT2D eigenvalue weighted by Gasteiger charge is 2.36. The van der Waals surface area contributed by atoms with Crippen LogP contribution in [0.4, 0.5) is 4.79 Å². The Morgan fingerprint density at radius 2 is 1.20 bits per heavy atom. The fraction of sp³-hybridized carbons (Fsp3) is 0.377. The van der Waals surface area contributed by atoms with Gasteiger partial charge in [0.15, 0.2) is 0 Å². The number of pyridine rings is 2. The van der Waals surface area contributed by atoms with Crippen molar-refractivity contribution in [2.75, 3.05) is 32.8 Å². The summed E-state index contributed by atoms with van der Waals surface area (Å²) in [4.78, 5) is 32.5. The highest BCUT2D eigenvalue weighted by atomic mass is 35.5. The molecule has 12 heteroatoms. The zero-order valence-electron chi connectivity index (χ0n) is 37.6. The van der Waals surface area contributed by atoms with E-state index in [2.05, 4.69) is 92.9 Å². The number of benzene rings is 2. The van der Waals surface area contributed by atoms with Crippen LogP contribution in [0, 0.1) is 25.7 Å². The van der Waals surface area contributed by atoms with E-state index in [0.29, 0.717) is 37.5 Å². The molecule has 2 aromatic carbocycles. The highest BCUT2D eigenvalue weighted by molar-refractivity contribution is 6.31. The van der Waals surface area contributed by atoms with Crippen LogP contribution in [0.5, 0.6) is 0 Å². The second-order valence-electron chi connectivity index (χ2n) is 17.8. The second kappa shape index (κ2) is 20.3. The Bertz CT molecular complexity index is 2690. The van der Waals surface area contributed by atoms with E-state index in [9.17, 15) is 4.79 Å². The number of amides is 1. The van der Waals surface area contributed by atoms with E-state index in [1.54, 1.807) is 0 Å². The Balaban J connectivity index is 0.000000166. The highest BCUT2D eigenvalue weighted by Crippen LogP contribution is 2.47. The number of aromatic nitrogens is 6. The first kappa shape index (κ1) is 44.6. The number of nitrogens with one attached hydrogen (secondary N) is 1. The molecule has 4 aliphatic rings. The molecule has 1 N–H and O–H groups in total. The lowest BCUT2D eigenvalue weighted by Gasteiger charge is -2.36. The monoisotopic (exact) mass is 908 g/mol. The Labute approximate surface area is 392 Å². The molecule has 4 aromatic heterocycles. The number of carbonyl (C=O) groups excluding carboxylic acids is 1. The molecule has 6 aromatic rings. The second-order valence-corrected chi connectivity index (χ2v) is 18.7. The number of rotatable bonds is 9. The quantitative estimate of drug-likeness (QED) is 0.154. The van der Waals surface area contributed by atoms with Crippen molar-refractivity contribution in [1.82, 2.24) is 39.3 Å². The van der Waals surface area contributed by atoms with Gasteiger partial charge in [0.25, 0.3) is 0 Å². The van der Waals surface area contributed by atoms with Crippen LogP contribution in [0.2, 0.25) is 10.0 Å². The SMILES string of the molecule is CCOC(=O)N1CCC(C2c3ccc(Cl)cc3C(CCn3cncc3C)=Cc3cccnc32)CC1.Cc1cncn1CCC1=Cc2cccnc2C(C2CCNCC2)c2ccc(Cl)cc21. The standard InChI is InChI=1S/C28H31ClN4O2.C25H27ClN4/c1-3-35-28(34)32-12-8-20(9-13-32)26-24-7-6-23(29)16-25(24)21(10-14-33-18-30-17-19(33)2)15-22-5-4-11-31-27(22)26;1-17-15-28-16-30(17)12-8-19-13-20-3-2-9-29-25(20)24(18-6-10-27-11-7-18)22-5-4-21(26)14-23(19)22/h4-7,11,15-18,20,26H,3,8-10,12-14H2,1-2H3;2-5,9,13-16,18,24,27H,6-8,10-12H2,1H3. The lowest BCUT2D eigenvalue weighted by Crippen LogP contribution is -2.40. The number of fused-ring (bicyclic) bond motifs is 4. The predicted octanol–water partition coefficient (Wildman–Crippen LogP) is 11.5. The lowest BCUT2D eigenvalue weighted by molar-refractivity contribution is 0.0900. The lowest BCUT2D eigenvalue weighted by atomic mass is 9.76. The van der Waals surface area contributed by atoms with Gasteiger partial charge in [0.05, 0.1) is 30.6 Å². The maximum atomic E-state index is 12.3. The fourth-order valence-electron chi connectivity index (χ4n) is 10.5. The zero-order chi connectivity index (χ0) is 44.9. The number of likely N-dealkylation sites (tertiary alicyclic amines) is 1. The third-order valence-electron chi connectivity index (χ3n) is 13.9. The molecule has 2 saturated heterocycles. The Kier molecular flexibility index (Phi) is 14.0. The van der Waals surface area contributed by atoms with E-state index < -0.39 is 0 Å². The molecule has 10 nitrogen and oxygen atoms in total. The molecule has 2 atom stereocenters. The summed E-state index contributed by atoms with van der Waals surface area (Å²) in [5, 5.41) is 5.05. The zero-order valence-corrected chi connectivity index (χ0v) is 39.1. The molecule has 336 valence electrons. The maximum absolute atomic E-state index is 12.3. The molecule has 6 heterocycles. The molecule has 65 heavy (non-hydrogen) atoms. The summed E-state index contributed by atoms with van der Waals surface area (Å²) in [6.45, 7) is 11.7. The predicted molar refractivity (Wildman–Crippen MR) is 261 cm³/mol. The number of allylic oxidation sites excluding steroid dienone is 2. The van der Waals surface area contributed by atoms with E-state index in [0.717, 1.165) is 78.9 Å². The van der Waals surface area contributed by atoms with Crippen molar-refractivity contribution in [3.63, 3.8) is 0 Å². The van der Waals surface area contributed by atoms with E-state index in [-0.39, 0.29) is 12.0 Å². The minimum atomic E-state index is -0.212. The van der Waals surface area contributed by atoms with Crippen LogP contribution in [-0.2, 0) is 17.8 Å². The summed E-state index contributed by atoms with van der Waals surface area (Å²) in [7, 11) is 0. The van der Waals surface area contributed by atoms with Crippen molar-refractivity contribution in [2.45, 2.75) is 84.2 Å². The third kappa shape index (κ3) is 9.86. The number of piperidine rings is 2. The van der Waals surface area contributed by atoms with Crippen molar-refractivity contribution in [1.29, 1.82) is 0 Å². The Morgan fingerprint density at radius 3 is 1.66 bits per heavy atom. The molecule has 2 fully saturated rings. The van der Waals surface area contributed by atoms with Gasteiger partial charge < -0.3 is 24.1 Å². The van der Waals surface area contributed by atoms with Crippen molar-refractivity contribution in [3.05, 3.63) is 164 Å². The maximum Gasteiger partial charge on any atom is 0.409 e. The first-order valence-corrected chi connectivity index (χ1v) is 24.0. The summed E-state index contributed by atoms with van der Waals surface area (Å²) >= 11 is 13.0. The van der Waals surface area contributed by atoms with Gasteiger partial charge in [0.2, 0.25) is 0 Å². The first-order chi connectivity index (χ1) is 31.7. The number of halogens is 2. The van der Waals surface area contributed by atoms with Crippen LogP contribution in [0.25, 0.3) is 23.3 Å². The Morgan fingerprint density at radius 1 is 0.708 bits per heavy atom. The van der Waals surface area contributed by atoms with E-state index in [1.807, 2.05) is 67.5 Å². The molecule has 2 aliphatic heterocycles. The summed E-state index contributed by atoms with van der Waals surface area (Å²) in [6.07, 6.45) is 21.8. The van der Waals surface area contributed by atoms with Gasteiger partial charge in [-0.15, -0.1) is 0 Å². The number of hydrogen-bond donors (Lipinski definition) is 1. The van der Waals surface area contributed by atoms with Gasteiger partial charge >= 0.3 is 6.09 Å². The molecule has 10 rings (SSSR count). The third-order valence-corrected chi connectivity index (χ3v) is 14.3. The van der Waals surface area contributed by atoms with Gasteiger partial charge in [-0.1, -0.05) is 47.5 Å². The fourth-order valence-corrected chi connectivity index (χ4v) is 10.8. The first-order valence-electron chi connectivity index (χ1n) is 23.2. The van der Waals surface area contributed by atoms with Crippen LogP contribution in [0.3, 0.4) is 0 Å². The average Bonchev–Trinajstić information content (AvgIpc) is 3.87. The molecule has 1 amide bonds. The molecule has 0 radical (unpaired) electrons. The minimum absolute atomic E-state index is 0.145. The van der Waals surface area contributed by atoms with Crippen LogP contribution in [0.1, 0.15) is 113 Å². The molecular weight excluding hydrogens is 852 g/mol. The minimum Gasteiger partial charge on any atom is -0.450 e. The molecule has 0 spiro atoms. The van der Waals surface area contributed by atoms with Crippen molar-refractivity contribution < 1.29 is 9.53 Å². The summed E-state index contributed by atoms with van der Waals surface area (Å²) in [5.41, 5.74) is 14.8. The smallest absolute Gasteiger partial charge is 0.409 e. The number of imidazole rings is 2. The molecular formula is C53H58Cl2N8O2. The number of carbonyl (C=O) groups is 1. The molecule has 2 unspecified atom stereocenters. The topological polar surface area (TPSA) is 103 Å². The number of nitrogens with zero attached hydrogens (tertiary/aromatic N) is 7. The number of aryl methyl sites for hydroxylation is 4. The van der Waals surface area contributed by atoms with Gasteiger partial charge in [-0.25, -0.2) is 14.8 Å². The van der Waals surface area contributed by atoms with Crippen LogP contribution < -0.4 is 5.32 Å². The van der Waals surface area contributed by atoms with Crippen LogP contribution in [-0.4, -0.2) is 72.8 Å². The summed E-state index contributed by atoms with van der Waals surface area (Å²) < 4.78 is 9.63. The molecule has 0 bridgehead atoms. The van der Waals surface area contributed by atoms with Gasteiger partial charge in [0.1, 0.15) is 0 Å². The summed E-state index contributed by atoms with van der Waals surface area (Å²) in [6, 6.07) is 21.2. The van der Waals surface area contributed by atoms with Crippen LogP contribution in [0.15, 0.2) is 98.1 Å². The van der Waals surface area contributed by atoms with Gasteiger partial charge in [0, 0.05) is 84.2 Å². The van der Waals surface area contributed by atoms with Crippen molar-refractivity contribution in [2.24, 2.45) is 11.8 Å².